The summed E-state index contributed by atoms with van der Waals surface area (Å²) in [6, 6.07) is 10.5. The van der Waals surface area contributed by atoms with Gasteiger partial charge in [0.25, 0.3) is 0 Å². The average Bonchev–Trinajstić information content (AvgIpc) is 2.75. The van der Waals surface area contributed by atoms with E-state index in [2.05, 4.69) is 33.7 Å². The Bertz CT molecular complexity index is 779. The van der Waals surface area contributed by atoms with Crippen LogP contribution in [0.4, 0.5) is 0 Å². The van der Waals surface area contributed by atoms with Crippen molar-refractivity contribution in [2.75, 3.05) is 32.8 Å². The average molecular weight is 340 g/mol. The minimum absolute atomic E-state index is 0.192. The number of nitrogens with zero attached hydrogens (tertiary/aromatic N) is 4. The maximum absolute atomic E-state index is 12.6. The van der Waals surface area contributed by atoms with Gasteiger partial charge in [0.1, 0.15) is 12.4 Å². The molecular formula is C19H24N4O2. The third-order valence-electron chi connectivity index (χ3n) is 5.00. The number of ether oxygens (including phenoxy) is 1. The second-order valence-corrected chi connectivity index (χ2v) is 6.99. The largest absolute Gasteiger partial charge is 0.492 e. The number of amides is 1. The summed E-state index contributed by atoms with van der Waals surface area (Å²) in [4.78, 5) is 16.7. The topological polar surface area (TPSA) is 50.6 Å². The fraction of sp³-hybridized carbons (Fsp3) is 0.474. The van der Waals surface area contributed by atoms with Crippen LogP contribution in [-0.2, 0) is 11.3 Å². The number of carbonyl (C=O) groups excluding carboxylic acids is 1. The third kappa shape index (κ3) is 3.26. The van der Waals surface area contributed by atoms with E-state index in [0.717, 1.165) is 48.9 Å². The minimum atomic E-state index is 0.192. The summed E-state index contributed by atoms with van der Waals surface area (Å²) in [6.45, 7) is 8.18. The van der Waals surface area contributed by atoms with Gasteiger partial charge in [-0.15, -0.1) is 0 Å². The van der Waals surface area contributed by atoms with Crippen LogP contribution in [0.5, 0.6) is 5.75 Å². The summed E-state index contributed by atoms with van der Waals surface area (Å²) in [6.07, 6.45) is 0. The van der Waals surface area contributed by atoms with Gasteiger partial charge >= 0.3 is 0 Å². The van der Waals surface area contributed by atoms with Crippen LogP contribution in [-0.4, -0.2) is 58.3 Å². The molecule has 0 saturated carbocycles. The molecule has 6 nitrogen and oxygen atoms in total. The predicted molar refractivity (Wildman–Crippen MR) is 94.5 cm³/mol. The molecule has 3 heterocycles. The van der Waals surface area contributed by atoms with Gasteiger partial charge in [0.15, 0.2) is 0 Å². The van der Waals surface area contributed by atoms with E-state index < -0.39 is 0 Å². The van der Waals surface area contributed by atoms with Crippen LogP contribution in [0.2, 0.25) is 0 Å². The lowest BCUT2D eigenvalue weighted by Crippen LogP contribution is -2.54. The first-order chi connectivity index (χ1) is 12.1. The molecule has 1 aromatic carbocycles. The molecule has 2 aromatic rings. The van der Waals surface area contributed by atoms with E-state index in [9.17, 15) is 4.79 Å². The lowest BCUT2D eigenvalue weighted by atomic mass is 10.1. The van der Waals surface area contributed by atoms with Gasteiger partial charge in [0.2, 0.25) is 5.91 Å². The normalized spacial score (nSPS) is 18.2. The van der Waals surface area contributed by atoms with Crippen molar-refractivity contribution in [2.45, 2.75) is 26.4 Å². The first-order valence-electron chi connectivity index (χ1n) is 8.84. The van der Waals surface area contributed by atoms with E-state index in [1.165, 1.54) is 0 Å². The van der Waals surface area contributed by atoms with Gasteiger partial charge in [0, 0.05) is 37.4 Å². The molecule has 1 saturated heterocycles. The first-order valence-corrected chi connectivity index (χ1v) is 8.84. The quantitative estimate of drug-likeness (QED) is 0.855. The zero-order valence-corrected chi connectivity index (χ0v) is 14.8. The van der Waals surface area contributed by atoms with Crippen LogP contribution in [0.3, 0.4) is 0 Å². The van der Waals surface area contributed by atoms with Gasteiger partial charge in [-0.3, -0.25) is 14.4 Å². The number of hydrogen-bond acceptors (Lipinski definition) is 4. The Kier molecular flexibility index (Phi) is 4.21. The summed E-state index contributed by atoms with van der Waals surface area (Å²) in [5.41, 5.74) is 3.35. The van der Waals surface area contributed by atoms with Crippen LogP contribution >= 0.6 is 0 Å². The molecule has 4 rings (SSSR count). The standard InChI is InChI=1S/C19H24N4O2/c1-14-9-15(2)23(20-14)17-11-22(12-17)19(24)13-21-7-8-25-18-6-4-3-5-16(18)10-21/h3-6,9,17H,7-8,10-13H2,1-2H3. The van der Waals surface area contributed by atoms with Crippen LogP contribution < -0.4 is 4.74 Å². The molecule has 132 valence electrons. The Hall–Kier alpha value is -2.34. The van der Waals surface area contributed by atoms with Gasteiger partial charge in [-0.05, 0) is 26.0 Å². The molecule has 0 spiro atoms. The smallest absolute Gasteiger partial charge is 0.236 e. The maximum Gasteiger partial charge on any atom is 0.236 e. The van der Waals surface area contributed by atoms with E-state index in [0.29, 0.717) is 19.2 Å². The summed E-state index contributed by atoms with van der Waals surface area (Å²) < 4.78 is 7.82. The number of rotatable bonds is 3. The van der Waals surface area contributed by atoms with Gasteiger partial charge in [-0.2, -0.15) is 5.10 Å². The number of aryl methyl sites for hydroxylation is 2. The lowest BCUT2D eigenvalue weighted by Gasteiger charge is -2.40. The Balaban J connectivity index is 1.33. The van der Waals surface area contributed by atoms with Gasteiger partial charge in [-0.1, -0.05) is 18.2 Å². The van der Waals surface area contributed by atoms with E-state index in [4.69, 9.17) is 4.74 Å². The highest BCUT2D eigenvalue weighted by Gasteiger charge is 2.33. The number of hydrogen-bond donors (Lipinski definition) is 0. The van der Waals surface area contributed by atoms with E-state index in [1.54, 1.807) is 0 Å². The second-order valence-electron chi connectivity index (χ2n) is 6.99. The molecule has 1 aromatic heterocycles. The number of para-hydroxylation sites is 1. The summed E-state index contributed by atoms with van der Waals surface area (Å²) in [5, 5.41) is 4.53. The Labute approximate surface area is 148 Å². The van der Waals surface area contributed by atoms with Crippen LogP contribution in [0.1, 0.15) is 23.0 Å². The molecule has 6 heteroatoms. The number of likely N-dealkylation sites (tertiary alicyclic amines) is 1. The van der Waals surface area contributed by atoms with Crippen molar-refractivity contribution >= 4 is 5.91 Å². The Morgan fingerprint density at radius 1 is 1.28 bits per heavy atom. The van der Waals surface area contributed by atoms with Crippen molar-refractivity contribution in [1.82, 2.24) is 19.6 Å². The van der Waals surface area contributed by atoms with Gasteiger partial charge in [-0.25, -0.2) is 0 Å². The SMILES string of the molecule is Cc1cc(C)n(C2CN(C(=O)CN3CCOc4ccccc4C3)C2)n1. The zero-order chi connectivity index (χ0) is 17.4. The number of fused-ring (bicyclic) bond motifs is 1. The molecule has 0 N–H and O–H groups in total. The Morgan fingerprint density at radius 2 is 2.08 bits per heavy atom. The minimum Gasteiger partial charge on any atom is -0.492 e. The second kappa shape index (κ2) is 6.52. The molecule has 25 heavy (non-hydrogen) atoms. The molecule has 0 radical (unpaired) electrons. The van der Waals surface area contributed by atoms with Crippen molar-refractivity contribution in [3.8, 4) is 5.75 Å². The molecular weight excluding hydrogens is 316 g/mol. The molecule has 0 bridgehead atoms. The third-order valence-corrected chi connectivity index (χ3v) is 5.00. The van der Waals surface area contributed by atoms with Crippen molar-refractivity contribution in [2.24, 2.45) is 0 Å². The Morgan fingerprint density at radius 3 is 2.84 bits per heavy atom. The van der Waals surface area contributed by atoms with Crippen LogP contribution in [0.25, 0.3) is 0 Å². The predicted octanol–water partition coefficient (Wildman–Crippen LogP) is 1.78. The molecule has 2 aliphatic rings. The zero-order valence-electron chi connectivity index (χ0n) is 14.8. The summed E-state index contributed by atoms with van der Waals surface area (Å²) >= 11 is 0. The van der Waals surface area contributed by atoms with E-state index >= 15 is 0 Å². The fourth-order valence-corrected chi connectivity index (χ4v) is 3.64. The highest BCUT2D eigenvalue weighted by molar-refractivity contribution is 5.79. The van der Waals surface area contributed by atoms with Crippen molar-refractivity contribution < 1.29 is 9.53 Å². The fourth-order valence-electron chi connectivity index (χ4n) is 3.64. The molecule has 2 aliphatic heterocycles. The van der Waals surface area contributed by atoms with Crippen molar-refractivity contribution in [1.29, 1.82) is 0 Å². The molecule has 0 aliphatic carbocycles. The highest BCUT2D eigenvalue weighted by atomic mass is 16.5. The van der Waals surface area contributed by atoms with Gasteiger partial charge < -0.3 is 9.64 Å². The van der Waals surface area contributed by atoms with Crippen molar-refractivity contribution in [3.05, 3.63) is 47.3 Å². The number of benzene rings is 1. The van der Waals surface area contributed by atoms with E-state index in [1.807, 2.05) is 30.0 Å². The summed E-state index contributed by atoms with van der Waals surface area (Å²) in [7, 11) is 0. The molecule has 1 fully saturated rings. The lowest BCUT2D eigenvalue weighted by molar-refractivity contribution is -0.138. The molecule has 0 unspecified atom stereocenters. The summed E-state index contributed by atoms with van der Waals surface area (Å²) in [5.74, 6) is 1.13. The van der Waals surface area contributed by atoms with E-state index in [-0.39, 0.29) is 5.91 Å². The highest BCUT2D eigenvalue weighted by Crippen LogP contribution is 2.25. The number of carbonyl (C=O) groups is 1. The number of aromatic nitrogens is 2. The first kappa shape index (κ1) is 16.1. The van der Waals surface area contributed by atoms with Crippen molar-refractivity contribution in [3.63, 3.8) is 0 Å². The van der Waals surface area contributed by atoms with Gasteiger partial charge in [0.05, 0.1) is 18.3 Å². The molecule has 0 atom stereocenters. The van der Waals surface area contributed by atoms with Crippen LogP contribution in [0.15, 0.2) is 30.3 Å². The van der Waals surface area contributed by atoms with Crippen LogP contribution in [0, 0.1) is 13.8 Å². The molecule has 1 amide bonds. The monoisotopic (exact) mass is 340 g/mol. The maximum atomic E-state index is 12.6.